The molecule has 5 nitrogen and oxygen atoms in total. The minimum atomic E-state index is -0.113. The third-order valence-corrected chi connectivity index (χ3v) is 6.95. The Morgan fingerprint density at radius 3 is 2.58 bits per heavy atom. The van der Waals surface area contributed by atoms with E-state index in [0.717, 1.165) is 51.4 Å². The molecule has 0 atom stereocenters. The molecule has 0 saturated carbocycles. The lowest BCUT2D eigenvalue weighted by molar-refractivity contribution is 0.0952. The van der Waals surface area contributed by atoms with E-state index in [9.17, 15) is 4.79 Å². The zero-order valence-corrected chi connectivity index (χ0v) is 20.2. The Hall–Kier alpha value is -1.57. The zero-order chi connectivity index (χ0) is 20.9. The quantitative estimate of drug-likeness (QED) is 0.445. The summed E-state index contributed by atoms with van der Waals surface area (Å²) in [5, 5.41) is 5.06. The Morgan fingerprint density at radius 1 is 1.03 bits per heavy atom. The minimum Gasteiger partial charge on any atom is -0.353 e. The maximum atomic E-state index is 12.2. The van der Waals surface area contributed by atoms with E-state index in [1.165, 1.54) is 10.1 Å². The van der Waals surface area contributed by atoms with Gasteiger partial charge in [-0.2, -0.15) is 4.37 Å². The Bertz CT molecular complexity index is 1020. The summed E-state index contributed by atoms with van der Waals surface area (Å²) in [5.74, 6) is 1.01. The number of carbonyl (C=O) groups is 1. The first-order valence-electron chi connectivity index (χ1n) is 10.2. The van der Waals surface area contributed by atoms with Crippen LogP contribution >= 0.6 is 47.1 Å². The summed E-state index contributed by atoms with van der Waals surface area (Å²) < 4.78 is 5.92. The lowest BCUT2D eigenvalue weighted by Crippen LogP contribution is -2.46. The highest BCUT2D eigenvalue weighted by molar-refractivity contribution is 7.13. The van der Waals surface area contributed by atoms with Crippen LogP contribution in [0.4, 0.5) is 5.82 Å². The van der Waals surface area contributed by atoms with Gasteiger partial charge in [0.25, 0.3) is 5.91 Å². The van der Waals surface area contributed by atoms with Crippen LogP contribution in [-0.2, 0) is 0 Å². The number of anilines is 1. The predicted octanol–water partition coefficient (Wildman–Crippen LogP) is 5.36. The van der Waals surface area contributed by atoms with E-state index in [4.69, 9.17) is 23.2 Å². The van der Waals surface area contributed by atoms with Crippen molar-refractivity contribution in [3.63, 3.8) is 0 Å². The fraction of sp³-hybridized carbons (Fsp3) is 0.364. The summed E-state index contributed by atoms with van der Waals surface area (Å²) in [6.07, 6.45) is 2.01. The molecule has 1 amide bonds. The second-order valence-corrected chi connectivity index (χ2v) is 9.04. The summed E-state index contributed by atoms with van der Waals surface area (Å²) in [6, 6.07) is 13.4. The SMILES string of the molecule is Cl.O=C(NCCCCN1CCN(c2nsc3ccccc23)CC1)c1ccc(Cl)c(Cl)c1. The molecule has 1 saturated heterocycles. The van der Waals surface area contributed by atoms with Gasteiger partial charge in [-0.05, 0) is 61.3 Å². The molecule has 166 valence electrons. The summed E-state index contributed by atoms with van der Waals surface area (Å²) in [5.41, 5.74) is 0.537. The summed E-state index contributed by atoms with van der Waals surface area (Å²) in [7, 11) is 0. The Morgan fingerprint density at radius 2 is 1.81 bits per heavy atom. The molecule has 4 rings (SSSR count). The van der Waals surface area contributed by atoms with E-state index in [1.807, 2.05) is 0 Å². The van der Waals surface area contributed by atoms with Gasteiger partial charge in [-0.15, -0.1) is 12.4 Å². The number of unbranched alkanes of at least 4 members (excludes halogenated alkanes) is 1. The van der Waals surface area contributed by atoms with Crippen LogP contribution in [0, 0.1) is 0 Å². The molecule has 0 radical (unpaired) electrons. The molecule has 1 N–H and O–H groups in total. The lowest BCUT2D eigenvalue weighted by Gasteiger charge is -2.35. The van der Waals surface area contributed by atoms with Crippen LogP contribution in [-0.4, -0.2) is 54.4 Å². The van der Waals surface area contributed by atoms with Gasteiger partial charge < -0.3 is 10.2 Å². The van der Waals surface area contributed by atoms with Crippen molar-refractivity contribution in [1.29, 1.82) is 0 Å². The number of hydrogen-bond donors (Lipinski definition) is 1. The van der Waals surface area contributed by atoms with Crippen LogP contribution in [0.3, 0.4) is 0 Å². The van der Waals surface area contributed by atoms with E-state index in [0.29, 0.717) is 22.2 Å². The normalized spacial score (nSPS) is 14.5. The van der Waals surface area contributed by atoms with E-state index in [1.54, 1.807) is 29.7 Å². The number of nitrogens with zero attached hydrogens (tertiary/aromatic N) is 3. The summed E-state index contributed by atoms with van der Waals surface area (Å²) in [4.78, 5) is 17.1. The number of piperazine rings is 1. The van der Waals surface area contributed by atoms with Crippen LogP contribution in [0.2, 0.25) is 10.0 Å². The number of carbonyl (C=O) groups excluding carboxylic acids is 1. The third-order valence-electron chi connectivity index (χ3n) is 5.40. The first-order valence-corrected chi connectivity index (χ1v) is 11.7. The van der Waals surface area contributed by atoms with Crippen molar-refractivity contribution in [2.24, 2.45) is 0 Å². The molecule has 0 bridgehead atoms. The van der Waals surface area contributed by atoms with Crippen LogP contribution in [0.5, 0.6) is 0 Å². The molecule has 1 aromatic heterocycles. The number of amides is 1. The third kappa shape index (κ3) is 6.02. The van der Waals surface area contributed by atoms with Gasteiger partial charge in [-0.1, -0.05) is 35.3 Å². The number of hydrogen-bond acceptors (Lipinski definition) is 5. The highest BCUT2D eigenvalue weighted by Gasteiger charge is 2.20. The number of halogens is 3. The number of fused-ring (bicyclic) bond motifs is 1. The molecular formula is C22H25Cl3N4OS. The molecule has 31 heavy (non-hydrogen) atoms. The average molecular weight is 500 g/mol. The molecule has 1 aliphatic heterocycles. The molecule has 0 aliphatic carbocycles. The van der Waals surface area contributed by atoms with Gasteiger partial charge in [0.1, 0.15) is 5.82 Å². The van der Waals surface area contributed by atoms with Crippen LogP contribution in [0.25, 0.3) is 10.1 Å². The molecule has 2 heterocycles. The van der Waals surface area contributed by atoms with Crippen molar-refractivity contribution in [2.75, 3.05) is 44.2 Å². The second kappa shape index (κ2) is 11.3. The maximum absolute atomic E-state index is 12.2. The Labute approximate surface area is 202 Å². The highest BCUT2D eigenvalue weighted by Crippen LogP contribution is 2.29. The fourth-order valence-electron chi connectivity index (χ4n) is 3.69. The van der Waals surface area contributed by atoms with Gasteiger partial charge in [0, 0.05) is 43.7 Å². The Balaban J connectivity index is 0.00000272. The molecule has 1 fully saturated rings. The second-order valence-electron chi connectivity index (χ2n) is 7.42. The van der Waals surface area contributed by atoms with E-state index in [2.05, 4.69) is 43.8 Å². The number of aromatic nitrogens is 1. The highest BCUT2D eigenvalue weighted by atomic mass is 35.5. The molecule has 0 spiro atoms. The van der Waals surface area contributed by atoms with Gasteiger partial charge in [-0.3, -0.25) is 9.69 Å². The topological polar surface area (TPSA) is 48.5 Å². The van der Waals surface area contributed by atoms with Crippen molar-refractivity contribution >= 4 is 69.0 Å². The van der Waals surface area contributed by atoms with E-state index >= 15 is 0 Å². The Kier molecular flexibility index (Phi) is 8.81. The van der Waals surface area contributed by atoms with E-state index in [-0.39, 0.29) is 18.3 Å². The van der Waals surface area contributed by atoms with Crippen molar-refractivity contribution in [3.05, 3.63) is 58.1 Å². The van der Waals surface area contributed by atoms with Crippen molar-refractivity contribution in [3.8, 4) is 0 Å². The number of benzene rings is 2. The largest absolute Gasteiger partial charge is 0.353 e. The van der Waals surface area contributed by atoms with Crippen molar-refractivity contribution in [2.45, 2.75) is 12.8 Å². The van der Waals surface area contributed by atoms with Gasteiger partial charge in [0.2, 0.25) is 0 Å². The minimum absolute atomic E-state index is 0. The van der Waals surface area contributed by atoms with E-state index < -0.39 is 0 Å². The smallest absolute Gasteiger partial charge is 0.251 e. The van der Waals surface area contributed by atoms with Gasteiger partial charge in [-0.25, -0.2) is 0 Å². The molecular weight excluding hydrogens is 475 g/mol. The molecule has 2 aromatic carbocycles. The van der Waals surface area contributed by atoms with Crippen LogP contribution < -0.4 is 10.2 Å². The van der Waals surface area contributed by atoms with Gasteiger partial charge in [0.05, 0.1) is 14.7 Å². The van der Waals surface area contributed by atoms with Gasteiger partial charge in [0.15, 0.2) is 0 Å². The first-order chi connectivity index (χ1) is 14.6. The number of rotatable bonds is 7. The fourth-order valence-corrected chi connectivity index (χ4v) is 4.78. The standard InChI is InChI=1S/C22H24Cl2N4OS.ClH/c23-18-8-7-16(15-19(18)24)22(29)25-9-3-4-10-27-11-13-28(14-12-27)21-17-5-1-2-6-20(17)30-26-21;/h1-2,5-8,15H,3-4,9-14H2,(H,25,29);1H. The predicted molar refractivity (Wildman–Crippen MR) is 134 cm³/mol. The number of nitrogens with one attached hydrogen (secondary N) is 1. The maximum Gasteiger partial charge on any atom is 0.251 e. The molecule has 0 unspecified atom stereocenters. The zero-order valence-electron chi connectivity index (χ0n) is 17.0. The van der Waals surface area contributed by atoms with Crippen molar-refractivity contribution in [1.82, 2.24) is 14.6 Å². The molecule has 1 aliphatic rings. The van der Waals surface area contributed by atoms with Crippen LogP contribution in [0.1, 0.15) is 23.2 Å². The monoisotopic (exact) mass is 498 g/mol. The average Bonchev–Trinajstić information content (AvgIpc) is 3.20. The first kappa shape index (κ1) is 24.1. The van der Waals surface area contributed by atoms with Crippen LogP contribution in [0.15, 0.2) is 42.5 Å². The lowest BCUT2D eigenvalue weighted by atomic mass is 10.2. The summed E-state index contributed by atoms with van der Waals surface area (Å²) >= 11 is 13.4. The molecule has 9 heteroatoms. The molecule has 3 aromatic rings. The van der Waals surface area contributed by atoms with Crippen molar-refractivity contribution < 1.29 is 4.79 Å². The van der Waals surface area contributed by atoms with Gasteiger partial charge >= 0.3 is 0 Å². The summed E-state index contributed by atoms with van der Waals surface area (Å²) in [6.45, 7) is 5.80.